The molecule has 0 atom stereocenters. The Morgan fingerprint density at radius 3 is 2.29 bits per heavy atom. The van der Waals surface area contributed by atoms with Crippen LogP contribution in [0.4, 0.5) is 19.0 Å². The third-order valence-electron chi connectivity index (χ3n) is 2.92. The van der Waals surface area contributed by atoms with Crippen LogP contribution in [0.3, 0.4) is 0 Å². The lowest BCUT2D eigenvalue weighted by Gasteiger charge is -2.07. The van der Waals surface area contributed by atoms with Gasteiger partial charge in [-0.2, -0.15) is 0 Å². The van der Waals surface area contributed by atoms with Crippen molar-refractivity contribution in [3.8, 4) is 11.4 Å². The van der Waals surface area contributed by atoms with Gasteiger partial charge in [0.25, 0.3) is 0 Å². The predicted molar refractivity (Wildman–Crippen MR) is 74.3 cm³/mol. The Balaban J connectivity index is 2.31. The molecular weight excluding hydrogens is 303 g/mol. The van der Waals surface area contributed by atoms with Crippen molar-refractivity contribution in [3.63, 3.8) is 0 Å². The first kappa shape index (κ1) is 13.6. The summed E-state index contributed by atoms with van der Waals surface area (Å²) in [5, 5.41) is 0.901. The van der Waals surface area contributed by atoms with Gasteiger partial charge in [-0.3, -0.25) is 0 Å². The molecule has 0 amide bonds. The molecule has 7 heteroatoms. The minimum atomic E-state index is -1.10. The van der Waals surface area contributed by atoms with E-state index in [0.29, 0.717) is 28.1 Å². The quantitative estimate of drug-likeness (QED) is 0.740. The van der Waals surface area contributed by atoms with E-state index < -0.39 is 23.0 Å². The maximum absolute atomic E-state index is 13.8. The van der Waals surface area contributed by atoms with Gasteiger partial charge in [-0.25, -0.2) is 23.1 Å². The molecule has 0 saturated carbocycles. The fourth-order valence-corrected chi connectivity index (χ4v) is 2.16. The lowest BCUT2D eigenvalue weighted by atomic mass is 10.1. The number of nitrogens with two attached hydrogens (primary N) is 1. The van der Waals surface area contributed by atoms with Gasteiger partial charge in [0.2, 0.25) is 0 Å². The van der Waals surface area contributed by atoms with Gasteiger partial charge in [-0.05, 0) is 18.2 Å². The van der Waals surface area contributed by atoms with Crippen molar-refractivity contribution in [2.24, 2.45) is 0 Å². The van der Waals surface area contributed by atoms with Gasteiger partial charge in [0.1, 0.15) is 23.3 Å². The van der Waals surface area contributed by atoms with E-state index in [-0.39, 0.29) is 11.6 Å². The van der Waals surface area contributed by atoms with Crippen molar-refractivity contribution in [1.82, 2.24) is 9.97 Å². The molecular formula is C14H7ClF3N3. The zero-order valence-electron chi connectivity index (χ0n) is 10.4. The van der Waals surface area contributed by atoms with E-state index in [0.717, 1.165) is 0 Å². The SMILES string of the molecule is Nc1nc(-c2c(F)cc(F)cc2F)nc2cc(Cl)ccc12. The van der Waals surface area contributed by atoms with Crippen LogP contribution in [0.1, 0.15) is 0 Å². The number of hydrogen-bond donors (Lipinski definition) is 1. The Morgan fingerprint density at radius 2 is 1.62 bits per heavy atom. The molecule has 2 N–H and O–H groups in total. The standard InChI is InChI=1S/C14H7ClF3N3/c15-6-1-2-8-11(3-6)20-14(21-13(8)19)12-9(17)4-7(16)5-10(12)18/h1-5H,(H2,19,20,21). The van der Waals surface area contributed by atoms with E-state index in [1.54, 1.807) is 12.1 Å². The summed E-state index contributed by atoms with van der Waals surface area (Å²) in [4.78, 5) is 7.91. The minimum Gasteiger partial charge on any atom is -0.383 e. The van der Waals surface area contributed by atoms with Crippen molar-refractivity contribution < 1.29 is 13.2 Å². The van der Waals surface area contributed by atoms with Gasteiger partial charge < -0.3 is 5.73 Å². The minimum absolute atomic E-state index is 0.0507. The molecule has 2 aromatic carbocycles. The fraction of sp³-hybridized carbons (Fsp3) is 0. The Bertz CT molecular complexity index is 844. The van der Waals surface area contributed by atoms with E-state index in [9.17, 15) is 13.2 Å². The molecule has 0 saturated heterocycles. The molecule has 3 rings (SSSR count). The number of halogens is 4. The third kappa shape index (κ3) is 2.38. The van der Waals surface area contributed by atoms with Crippen LogP contribution in [0.15, 0.2) is 30.3 Å². The van der Waals surface area contributed by atoms with Crippen LogP contribution in [0, 0.1) is 17.5 Å². The van der Waals surface area contributed by atoms with E-state index in [1.165, 1.54) is 6.07 Å². The number of benzene rings is 2. The highest BCUT2D eigenvalue weighted by molar-refractivity contribution is 6.31. The van der Waals surface area contributed by atoms with Gasteiger partial charge in [-0.15, -0.1) is 0 Å². The first-order valence-electron chi connectivity index (χ1n) is 5.83. The van der Waals surface area contributed by atoms with Gasteiger partial charge in [0, 0.05) is 22.5 Å². The zero-order valence-corrected chi connectivity index (χ0v) is 11.1. The number of rotatable bonds is 1. The molecule has 0 bridgehead atoms. The molecule has 0 aliphatic carbocycles. The van der Waals surface area contributed by atoms with Crippen molar-refractivity contribution in [2.75, 3.05) is 5.73 Å². The van der Waals surface area contributed by atoms with E-state index in [4.69, 9.17) is 17.3 Å². The lowest BCUT2D eigenvalue weighted by Crippen LogP contribution is -2.01. The summed E-state index contributed by atoms with van der Waals surface area (Å²) in [5.74, 6) is -3.45. The number of fused-ring (bicyclic) bond motifs is 1. The van der Waals surface area contributed by atoms with Crippen LogP contribution >= 0.6 is 11.6 Å². The van der Waals surface area contributed by atoms with Gasteiger partial charge >= 0.3 is 0 Å². The summed E-state index contributed by atoms with van der Waals surface area (Å²) in [6.45, 7) is 0. The second kappa shape index (κ2) is 4.89. The number of anilines is 1. The summed E-state index contributed by atoms with van der Waals surface area (Å²) in [7, 11) is 0. The summed E-state index contributed by atoms with van der Waals surface area (Å²) in [6.07, 6.45) is 0. The van der Waals surface area contributed by atoms with Crippen molar-refractivity contribution in [1.29, 1.82) is 0 Å². The highest BCUT2D eigenvalue weighted by atomic mass is 35.5. The molecule has 1 heterocycles. The van der Waals surface area contributed by atoms with Crippen molar-refractivity contribution in [3.05, 3.63) is 52.8 Å². The van der Waals surface area contributed by atoms with E-state index in [2.05, 4.69) is 9.97 Å². The number of nitrogen functional groups attached to an aromatic ring is 1. The van der Waals surface area contributed by atoms with Crippen LogP contribution in [-0.4, -0.2) is 9.97 Å². The van der Waals surface area contributed by atoms with Crippen LogP contribution < -0.4 is 5.73 Å². The van der Waals surface area contributed by atoms with Crippen molar-refractivity contribution >= 4 is 28.3 Å². The fourth-order valence-electron chi connectivity index (χ4n) is 1.99. The molecule has 106 valence electrons. The van der Waals surface area contributed by atoms with Crippen LogP contribution in [0.2, 0.25) is 5.02 Å². The third-order valence-corrected chi connectivity index (χ3v) is 3.15. The molecule has 0 aliphatic heterocycles. The summed E-state index contributed by atoms with van der Waals surface area (Å²) >= 11 is 5.85. The maximum atomic E-state index is 13.8. The molecule has 0 spiro atoms. The van der Waals surface area contributed by atoms with Gasteiger partial charge in [0.05, 0.1) is 11.1 Å². The molecule has 0 fully saturated rings. The Hall–Kier alpha value is -2.34. The first-order chi connectivity index (χ1) is 9.95. The molecule has 21 heavy (non-hydrogen) atoms. The molecule has 3 nitrogen and oxygen atoms in total. The summed E-state index contributed by atoms with van der Waals surface area (Å²) in [5.41, 5.74) is 5.57. The van der Waals surface area contributed by atoms with Crippen LogP contribution in [0.25, 0.3) is 22.3 Å². The van der Waals surface area contributed by atoms with E-state index >= 15 is 0 Å². The summed E-state index contributed by atoms with van der Waals surface area (Å²) in [6, 6.07) is 5.81. The first-order valence-corrected chi connectivity index (χ1v) is 6.21. The predicted octanol–water partition coefficient (Wildman–Crippen LogP) is 3.95. The van der Waals surface area contributed by atoms with Gasteiger partial charge in [-0.1, -0.05) is 11.6 Å². The Labute approximate surface area is 122 Å². The Morgan fingerprint density at radius 1 is 0.952 bits per heavy atom. The molecule has 3 aromatic rings. The highest BCUT2D eigenvalue weighted by Gasteiger charge is 2.17. The van der Waals surface area contributed by atoms with Crippen LogP contribution in [-0.2, 0) is 0 Å². The molecule has 0 radical (unpaired) electrons. The average molecular weight is 310 g/mol. The van der Waals surface area contributed by atoms with Crippen molar-refractivity contribution in [2.45, 2.75) is 0 Å². The lowest BCUT2D eigenvalue weighted by molar-refractivity contribution is 0.547. The second-order valence-corrected chi connectivity index (χ2v) is 4.77. The normalized spacial score (nSPS) is 11.0. The van der Waals surface area contributed by atoms with Gasteiger partial charge in [0.15, 0.2) is 5.82 Å². The maximum Gasteiger partial charge on any atom is 0.168 e. The average Bonchev–Trinajstić information content (AvgIpc) is 2.36. The Kier molecular flexibility index (Phi) is 3.17. The molecule has 0 aliphatic rings. The number of aromatic nitrogens is 2. The van der Waals surface area contributed by atoms with E-state index in [1.807, 2.05) is 0 Å². The number of nitrogens with zero attached hydrogens (tertiary/aromatic N) is 2. The zero-order chi connectivity index (χ0) is 15.1. The summed E-state index contributed by atoms with van der Waals surface area (Å²) < 4.78 is 40.5. The smallest absolute Gasteiger partial charge is 0.168 e. The topological polar surface area (TPSA) is 51.8 Å². The molecule has 1 aromatic heterocycles. The highest BCUT2D eigenvalue weighted by Crippen LogP contribution is 2.28. The molecule has 0 unspecified atom stereocenters. The second-order valence-electron chi connectivity index (χ2n) is 4.34. The number of hydrogen-bond acceptors (Lipinski definition) is 3. The van der Waals surface area contributed by atoms with Crippen LogP contribution in [0.5, 0.6) is 0 Å². The largest absolute Gasteiger partial charge is 0.383 e. The monoisotopic (exact) mass is 309 g/mol.